The Morgan fingerprint density at radius 3 is 3.00 bits per heavy atom. The van der Waals surface area contributed by atoms with Crippen LogP contribution >= 0.6 is 23.4 Å². The van der Waals surface area contributed by atoms with Gasteiger partial charge in [0.1, 0.15) is 5.82 Å². The van der Waals surface area contributed by atoms with Crippen LogP contribution in [0.5, 0.6) is 0 Å². The second-order valence-electron chi connectivity index (χ2n) is 4.16. The molecule has 2 aromatic rings. The summed E-state index contributed by atoms with van der Waals surface area (Å²) in [6, 6.07) is 4.02. The Morgan fingerprint density at radius 1 is 1.57 bits per heavy atom. The van der Waals surface area contributed by atoms with E-state index in [0.717, 1.165) is 0 Å². The summed E-state index contributed by atoms with van der Waals surface area (Å²) in [5.41, 5.74) is 0.439. The Bertz CT molecular complexity index is 650. The van der Waals surface area contributed by atoms with Crippen LogP contribution in [-0.2, 0) is 11.3 Å². The monoisotopic (exact) mass is 329 g/mol. The number of tetrazole rings is 1. The first kappa shape index (κ1) is 15.7. The summed E-state index contributed by atoms with van der Waals surface area (Å²) in [5, 5.41) is 14.0. The van der Waals surface area contributed by atoms with Crippen molar-refractivity contribution >= 4 is 35.0 Å². The van der Waals surface area contributed by atoms with E-state index in [9.17, 15) is 9.18 Å². The zero-order chi connectivity index (χ0) is 15.4. The molecule has 1 heterocycles. The predicted molar refractivity (Wildman–Crippen MR) is 78.8 cm³/mol. The Balaban J connectivity index is 2.01. The smallest absolute Gasteiger partial charge is 0.237 e. The molecule has 0 saturated carbocycles. The number of anilines is 1. The van der Waals surface area contributed by atoms with Crippen molar-refractivity contribution in [1.29, 1.82) is 0 Å². The first-order valence-electron chi connectivity index (χ1n) is 6.20. The summed E-state index contributed by atoms with van der Waals surface area (Å²) in [5.74, 6) is -0.771. The SMILES string of the molecule is CCn1nnnc1SC(C)C(=O)Nc1ccc(F)c(Cl)c1. The molecule has 1 amide bonds. The number of aromatic nitrogens is 4. The summed E-state index contributed by atoms with van der Waals surface area (Å²) < 4.78 is 14.7. The van der Waals surface area contributed by atoms with E-state index in [1.165, 1.54) is 30.0 Å². The fourth-order valence-corrected chi connectivity index (χ4v) is 2.54. The Labute approximate surface area is 130 Å². The maximum atomic E-state index is 13.1. The van der Waals surface area contributed by atoms with Gasteiger partial charge in [-0.1, -0.05) is 23.4 Å². The topological polar surface area (TPSA) is 72.7 Å². The largest absolute Gasteiger partial charge is 0.325 e. The lowest BCUT2D eigenvalue weighted by Crippen LogP contribution is -2.23. The second kappa shape index (κ2) is 6.86. The number of rotatable bonds is 5. The van der Waals surface area contributed by atoms with Gasteiger partial charge >= 0.3 is 0 Å². The molecule has 0 spiro atoms. The van der Waals surface area contributed by atoms with Gasteiger partial charge in [-0.2, -0.15) is 0 Å². The molecular formula is C12H13ClFN5OS. The number of halogens is 2. The van der Waals surface area contributed by atoms with Crippen molar-refractivity contribution in [2.75, 3.05) is 5.32 Å². The molecule has 1 aromatic heterocycles. The fourth-order valence-electron chi connectivity index (χ4n) is 1.51. The van der Waals surface area contributed by atoms with Crippen LogP contribution in [0.25, 0.3) is 0 Å². The minimum atomic E-state index is -0.529. The van der Waals surface area contributed by atoms with Gasteiger partial charge in [0.25, 0.3) is 0 Å². The number of carbonyl (C=O) groups is 1. The van der Waals surface area contributed by atoms with Crippen molar-refractivity contribution in [3.05, 3.63) is 29.0 Å². The first-order valence-corrected chi connectivity index (χ1v) is 7.45. The quantitative estimate of drug-likeness (QED) is 0.854. The standard InChI is InChI=1S/C12H13ClFN5OS/c1-3-19-12(16-17-18-19)21-7(2)11(20)15-8-4-5-10(14)9(13)6-8/h4-7H,3H2,1-2H3,(H,15,20). The van der Waals surface area contributed by atoms with Gasteiger partial charge in [-0.05, 0) is 42.5 Å². The van der Waals surface area contributed by atoms with E-state index < -0.39 is 11.1 Å². The third-order valence-electron chi connectivity index (χ3n) is 2.64. The lowest BCUT2D eigenvalue weighted by molar-refractivity contribution is -0.115. The van der Waals surface area contributed by atoms with Gasteiger partial charge in [0.15, 0.2) is 0 Å². The number of amides is 1. The molecule has 0 aliphatic rings. The molecule has 112 valence electrons. The highest BCUT2D eigenvalue weighted by atomic mass is 35.5. The predicted octanol–water partition coefficient (Wildman–Crippen LogP) is 2.60. The molecule has 0 radical (unpaired) electrons. The number of carbonyl (C=O) groups excluding carboxylic acids is 1. The zero-order valence-corrected chi connectivity index (χ0v) is 13.0. The lowest BCUT2D eigenvalue weighted by Gasteiger charge is -2.11. The van der Waals surface area contributed by atoms with Crippen molar-refractivity contribution in [1.82, 2.24) is 20.2 Å². The number of nitrogens with one attached hydrogen (secondary N) is 1. The van der Waals surface area contributed by atoms with E-state index in [4.69, 9.17) is 11.6 Å². The van der Waals surface area contributed by atoms with Gasteiger partial charge in [0.2, 0.25) is 11.1 Å². The molecule has 1 atom stereocenters. The van der Waals surface area contributed by atoms with Crippen molar-refractivity contribution < 1.29 is 9.18 Å². The molecule has 0 fully saturated rings. The van der Waals surface area contributed by atoms with Crippen molar-refractivity contribution in [3.8, 4) is 0 Å². The van der Waals surface area contributed by atoms with Crippen LogP contribution in [0.1, 0.15) is 13.8 Å². The molecule has 0 saturated heterocycles. The number of hydrogen-bond donors (Lipinski definition) is 1. The highest BCUT2D eigenvalue weighted by molar-refractivity contribution is 8.00. The maximum absolute atomic E-state index is 13.1. The highest BCUT2D eigenvalue weighted by Gasteiger charge is 2.18. The van der Waals surface area contributed by atoms with Crippen LogP contribution in [0.4, 0.5) is 10.1 Å². The molecular weight excluding hydrogens is 317 g/mol. The molecule has 6 nitrogen and oxygen atoms in total. The number of hydrogen-bond acceptors (Lipinski definition) is 5. The van der Waals surface area contributed by atoms with Gasteiger partial charge < -0.3 is 5.32 Å². The summed E-state index contributed by atoms with van der Waals surface area (Å²) in [7, 11) is 0. The van der Waals surface area contributed by atoms with E-state index in [1.54, 1.807) is 11.6 Å². The molecule has 0 aliphatic heterocycles. The molecule has 1 N–H and O–H groups in total. The van der Waals surface area contributed by atoms with Crippen LogP contribution < -0.4 is 5.32 Å². The Hall–Kier alpha value is -1.67. The molecule has 2 rings (SSSR count). The summed E-state index contributed by atoms with van der Waals surface area (Å²) in [6.07, 6.45) is 0. The molecule has 1 unspecified atom stereocenters. The van der Waals surface area contributed by atoms with E-state index in [2.05, 4.69) is 20.8 Å². The van der Waals surface area contributed by atoms with Crippen molar-refractivity contribution in [2.45, 2.75) is 30.8 Å². The van der Waals surface area contributed by atoms with Gasteiger partial charge in [-0.25, -0.2) is 9.07 Å². The highest BCUT2D eigenvalue weighted by Crippen LogP contribution is 2.23. The van der Waals surface area contributed by atoms with E-state index in [1.807, 2.05) is 6.92 Å². The van der Waals surface area contributed by atoms with Gasteiger partial charge in [-0.15, -0.1) is 5.10 Å². The van der Waals surface area contributed by atoms with E-state index >= 15 is 0 Å². The third kappa shape index (κ3) is 3.92. The average molecular weight is 330 g/mol. The number of benzene rings is 1. The zero-order valence-electron chi connectivity index (χ0n) is 11.4. The molecule has 21 heavy (non-hydrogen) atoms. The van der Waals surface area contributed by atoms with Crippen molar-refractivity contribution in [2.24, 2.45) is 0 Å². The number of aryl methyl sites for hydroxylation is 1. The molecule has 9 heteroatoms. The van der Waals surface area contributed by atoms with Crippen LogP contribution in [0, 0.1) is 5.82 Å². The minimum Gasteiger partial charge on any atom is -0.325 e. The Kier molecular flexibility index (Phi) is 5.13. The average Bonchev–Trinajstić information content (AvgIpc) is 2.90. The number of nitrogens with zero attached hydrogens (tertiary/aromatic N) is 4. The maximum Gasteiger partial charge on any atom is 0.237 e. The number of thioether (sulfide) groups is 1. The van der Waals surface area contributed by atoms with Crippen LogP contribution in [0.3, 0.4) is 0 Å². The van der Waals surface area contributed by atoms with Crippen LogP contribution in [0.15, 0.2) is 23.4 Å². The molecule has 1 aromatic carbocycles. The Morgan fingerprint density at radius 2 is 2.33 bits per heavy atom. The molecule has 0 bridgehead atoms. The van der Waals surface area contributed by atoms with Crippen LogP contribution in [-0.4, -0.2) is 31.4 Å². The van der Waals surface area contributed by atoms with E-state index in [-0.39, 0.29) is 10.9 Å². The summed E-state index contributed by atoms with van der Waals surface area (Å²) in [4.78, 5) is 12.1. The molecule has 0 aliphatic carbocycles. The normalized spacial score (nSPS) is 12.2. The van der Waals surface area contributed by atoms with Gasteiger partial charge in [-0.3, -0.25) is 4.79 Å². The summed E-state index contributed by atoms with van der Waals surface area (Å²) >= 11 is 6.91. The van der Waals surface area contributed by atoms with Gasteiger partial charge in [0, 0.05) is 12.2 Å². The second-order valence-corrected chi connectivity index (χ2v) is 5.87. The summed E-state index contributed by atoms with van der Waals surface area (Å²) in [6.45, 7) is 4.27. The van der Waals surface area contributed by atoms with E-state index in [0.29, 0.717) is 17.4 Å². The lowest BCUT2D eigenvalue weighted by atomic mass is 10.3. The first-order chi connectivity index (χ1) is 10.0. The third-order valence-corrected chi connectivity index (χ3v) is 4.00. The van der Waals surface area contributed by atoms with Crippen molar-refractivity contribution in [3.63, 3.8) is 0 Å². The minimum absolute atomic E-state index is 0.0389. The fraction of sp³-hybridized carbons (Fsp3) is 0.333. The van der Waals surface area contributed by atoms with Gasteiger partial charge in [0.05, 0.1) is 10.3 Å². The van der Waals surface area contributed by atoms with Crippen LogP contribution in [0.2, 0.25) is 5.02 Å².